The molecule has 11 nitrogen and oxygen atoms in total. The van der Waals surface area contributed by atoms with Crippen LogP contribution in [0.15, 0.2) is 48.5 Å². The van der Waals surface area contributed by atoms with Crippen molar-refractivity contribution < 1.29 is 19.1 Å². The van der Waals surface area contributed by atoms with Crippen molar-refractivity contribution in [2.45, 2.75) is 12.8 Å². The normalized spacial score (nSPS) is 15.4. The third-order valence-electron chi connectivity index (χ3n) is 6.26. The molecule has 37 heavy (non-hydrogen) atoms. The van der Waals surface area contributed by atoms with Gasteiger partial charge in [0, 0.05) is 43.1 Å². The zero-order valence-corrected chi connectivity index (χ0v) is 20.6. The van der Waals surface area contributed by atoms with Gasteiger partial charge in [-0.05, 0) is 61.4 Å². The van der Waals surface area contributed by atoms with E-state index in [1.807, 2.05) is 24.3 Å². The van der Waals surface area contributed by atoms with Crippen LogP contribution in [0.3, 0.4) is 0 Å². The first-order valence-electron chi connectivity index (χ1n) is 12.3. The van der Waals surface area contributed by atoms with Gasteiger partial charge in [0.2, 0.25) is 11.9 Å². The Balaban J connectivity index is 1.29. The van der Waals surface area contributed by atoms with E-state index in [9.17, 15) is 9.59 Å². The van der Waals surface area contributed by atoms with Gasteiger partial charge in [0.25, 0.3) is 0 Å². The maximum absolute atomic E-state index is 12.5. The summed E-state index contributed by atoms with van der Waals surface area (Å²) in [6.07, 6.45) is 2.26. The van der Waals surface area contributed by atoms with Crippen LogP contribution in [0.5, 0.6) is 0 Å². The van der Waals surface area contributed by atoms with Crippen molar-refractivity contribution in [1.29, 1.82) is 0 Å². The highest BCUT2D eigenvalue weighted by Crippen LogP contribution is 2.25. The van der Waals surface area contributed by atoms with Crippen LogP contribution in [-0.4, -0.2) is 73.5 Å². The summed E-state index contributed by atoms with van der Waals surface area (Å²) in [6.45, 7) is 4.67. The van der Waals surface area contributed by atoms with E-state index in [2.05, 4.69) is 25.2 Å². The molecule has 2 aromatic carbocycles. The molecule has 1 aromatic heterocycles. The molecule has 3 aromatic rings. The number of urea groups is 1. The second-order valence-corrected chi connectivity index (χ2v) is 8.78. The van der Waals surface area contributed by atoms with Crippen molar-refractivity contribution in [3.05, 3.63) is 54.1 Å². The van der Waals surface area contributed by atoms with Gasteiger partial charge in [-0.2, -0.15) is 15.0 Å². The molecule has 0 atom stereocenters. The Labute approximate surface area is 214 Å². The molecule has 0 aliphatic carbocycles. The van der Waals surface area contributed by atoms with Crippen molar-refractivity contribution in [2.24, 2.45) is 0 Å². The molecule has 2 aliphatic heterocycles. The molecular formula is C26H29N7O4. The number of aromatic nitrogens is 3. The zero-order valence-electron chi connectivity index (χ0n) is 20.6. The maximum Gasteiger partial charge on any atom is 0.337 e. The number of ether oxygens (including phenoxy) is 2. The minimum Gasteiger partial charge on any atom is -0.465 e. The number of benzene rings is 2. The monoisotopic (exact) mass is 503 g/mol. The lowest BCUT2D eigenvalue weighted by Crippen LogP contribution is -2.38. The second kappa shape index (κ2) is 11.2. The number of esters is 1. The molecule has 0 saturated carbocycles. The van der Waals surface area contributed by atoms with Gasteiger partial charge in [0.05, 0.1) is 25.9 Å². The van der Waals surface area contributed by atoms with E-state index in [1.165, 1.54) is 7.11 Å². The van der Waals surface area contributed by atoms with Gasteiger partial charge in [-0.15, -0.1) is 0 Å². The lowest BCUT2D eigenvalue weighted by molar-refractivity contribution is 0.0600. The highest BCUT2D eigenvalue weighted by molar-refractivity contribution is 6.00. The molecule has 3 heterocycles. The second-order valence-electron chi connectivity index (χ2n) is 8.78. The Hall–Kier alpha value is -4.25. The molecule has 0 radical (unpaired) electrons. The summed E-state index contributed by atoms with van der Waals surface area (Å²) in [7, 11) is 1.32. The number of methoxy groups -OCH3 is 1. The fraction of sp³-hybridized carbons (Fsp3) is 0.346. The predicted molar refractivity (Wildman–Crippen MR) is 140 cm³/mol. The molecule has 5 rings (SSSR count). The molecule has 11 heteroatoms. The molecule has 192 valence electrons. The van der Waals surface area contributed by atoms with Gasteiger partial charge in [0.15, 0.2) is 5.82 Å². The average Bonchev–Trinajstić information content (AvgIpc) is 3.49. The molecular weight excluding hydrogens is 474 g/mol. The van der Waals surface area contributed by atoms with Gasteiger partial charge in [-0.1, -0.05) is 0 Å². The maximum atomic E-state index is 12.5. The number of nitrogens with zero attached hydrogens (tertiary/aromatic N) is 5. The third kappa shape index (κ3) is 5.95. The Bertz CT molecular complexity index is 1240. The van der Waals surface area contributed by atoms with Crippen LogP contribution in [0.1, 0.15) is 23.2 Å². The topological polar surface area (TPSA) is 122 Å². The van der Waals surface area contributed by atoms with E-state index in [0.29, 0.717) is 47.9 Å². The van der Waals surface area contributed by atoms with Gasteiger partial charge >= 0.3 is 12.0 Å². The molecule has 2 saturated heterocycles. The Morgan fingerprint density at radius 1 is 0.784 bits per heavy atom. The number of carbonyl (C=O) groups is 2. The van der Waals surface area contributed by atoms with E-state index in [1.54, 1.807) is 24.3 Å². The molecule has 2 N–H and O–H groups in total. The number of carbonyl (C=O) groups excluding carboxylic acids is 2. The summed E-state index contributed by atoms with van der Waals surface area (Å²) in [4.78, 5) is 42.6. The van der Waals surface area contributed by atoms with E-state index >= 15 is 0 Å². The summed E-state index contributed by atoms with van der Waals surface area (Å²) >= 11 is 0. The average molecular weight is 504 g/mol. The summed E-state index contributed by atoms with van der Waals surface area (Å²) in [5.74, 6) is 1.53. The Kier molecular flexibility index (Phi) is 7.41. The molecule has 2 aliphatic rings. The van der Waals surface area contributed by atoms with Gasteiger partial charge < -0.3 is 29.9 Å². The zero-order chi connectivity index (χ0) is 25.6. The number of hydrogen-bond acceptors (Lipinski definition) is 9. The van der Waals surface area contributed by atoms with Crippen LogP contribution >= 0.6 is 0 Å². The summed E-state index contributed by atoms with van der Waals surface area (Å²) in [5, 5.41) is 5.56. The lowest BCUT2D eigenvalue weighted by atomic mass is 10.2. The molecule has 2 amide bonds. The number of nitrogens with one attached hydrogen (secondary N) is 2. The quantitative estimate of drug-likeness (QED) is 0.487. The Morgan fingerprint density at radius 3 is 1.89 bits per heavy atom. The van der Waals surface area contributed by atoms with E-state index < -0.39 is 12.0 Å². The first-order chi connectivity index (χ1) is 18.1. The fourth-order valence-electron chi connectivity index (χ4n) is 4.25. The van der Waals surface area contributed by atoms with Crippen molar-refractivity contribution in [3.8, 4) is 11.4 Å². The smallest absolute Gasteiger partial charge is 0.337 e. The van der Waals surface area contributed by atoms with Crippen molar-refractivity contribution >= 4 is 35.3 Å². The van der Waals surface area contributed by atoms with Gasteiger partial charge in [0.1, 0.15) is 0 Å². The lowest BCUT2D eigenvalue weighted by Gasteiger charge is -2.28. The van der Waals surface area contributed by atoms with Crippen LogP contribution in [0.2, 0.25) is 0 Å². The highest BCUT2D eigenvalue weighted by Gasteiger charge is 2.21. The molecule has 0 spiro atoms. The minimum atomic E-state index is -0.432. The molecule has 0 unspecified atom stereocenters. The van der Waals surface area contributed by atoms with Crippen LogP contribution in [-0.2, 0) is 9.47 Å². The number of amides is 2. The summed E-state index contributed by atoms with van der Waals surface area (Å²) in [5.41, 5.74) is 2.42. The highest BCUT2D eigenvalue weighted by atomic mass is 16.5. The van der Waals surface area contributed by atoms with Crippen LogP contribution < -0.4 is 20.4 Å². The van der Waals surface area contributed by atoms with Crippen molar-refractivity contribution in [2.75, 3.05) is 66.9 Å². The fourth-order valence-corrected chi connectivity index (χ4v) is 4.25. The molecule has 2 fully saturated rings. The van der Waals surface area contributed by atoms with E-state index in [-0.39, 0.29) is 0 Å². The summed E-state index contributed by atoms with van der Waals surface area (Å²) < 4.78 is 10.2. The van der Waals surface area contributed by atoms with Crippen LogP contribution in [0, 0.1) is 0 Å². The number of anilines is 4. The van der Waals surface area contributed by atoms with E-state index in [4.69, 9.17) is 19.7 Å². The summed E-state index contributed by atoms with van der Waals surface area (Å²) in [6, 6.07) is 13.4. The van der Waals surface area contributed by atoms with E-state index in [0.717, 1.165) is 44.6 Å². The predicted octanol–water partition coefficient (Wildman–Crippen LogP) is 3.41. The Morgan fingerprint density at radius 2 is 1.32 bits per heavy atom. The molecule has 0 bridgehead atoms. The van der Waals surface area contributed by atoms with Gasteiger partial charge in [-0.25, -0.2) is 9.59 Å². The number of morpholine rings is 1. The van der Waals surface area contributed by atoms with Crippen molar-refractivity contribution in [1.82, 2.24) is 15.0 Å². The van der Waals surface area contributed by atoms with Crippen molar-refractivity contribution in [3.63, 3.8) is 0 Å². The minimum absolute atomic E-state index is 0.398. The first kappa shape index (κ1) is 24.4. The van der Waals surface area contributed by atoms with Gasteiger partial charge in [-0.3, -0.25) is 0 Å². The third-order valence-corrected chi connectivity index (χ3v) is 6.26. The van der Waals surface area contributed by atoms with Crippen LogP contribution in [0.4, 0.5) is 28.1 Å². The SMILES string of the molecule is COC(=O)c1ccc(NC(=O)Nc2ccc(-c3nc(N4CCCC4)nc(N4CCOCC4)n3)cc2)cc1. The number of rotatable bonds is 6. The van der Waals surface area contributed by atoms with Crippen LogP contribution in [0.25, 0.3) is 11.4 Å². The number of hydrogen-bond donors (Lipinski definition) is 2. The standard InChI is InChI=1S/C26H29N7O4/c1-36-23(34)19-6-10-21(11-7-19)28-26(35)27-20-8-4-18(5-9-20)22-29-24(32-12-2-3-13-32)31-25(30-22)33-14-16-37-17-15-33/h4-11H,2-3,12-17H2,1H3,(H2,27,28,35). The largest absolute Gasteiger partial charge is 0.465 e. The first-order valence-corrected chi connectivity index (χ1v) is 12.3.